The highest BCUT2D eigenvalue weighted by molar-refractivity contribution is 7.92. The van der Waals surface area contributed by atoms with Crippen LogP contribution in [0.1, 0.15) is 137 Å². The minimum atomic E-state index is -4.26. The first-order chi connectivity index (χ1) is 62.4. The molecule has 8 aromatic carbocycles. The molecule has 0 aliphatic carbocycles. The molecule has 5 aliphatic heterocycles. The monoisotopic (exact) mass is 1820 g/mol. The lowest BCUT2D eigenvalue weighted by Crippen LogP contribution is -2.51. The average molecular weight is 1820 g/mol. The lowest BCUT2D eigenvalue weighted by atomic mass is 9.94. The molecule has 7 atom stereocenters. The Hall–Kier alpha value is -12.0. The van der Waals surface area contributed by atoms with Crippen molar-refractivity contribution in [1.82, 2.24) is 35.4 Å². The summed E-state index contributed by atoms with van der Waals surface area (Å²) in [5, 5.41) is 45.6. The van der Waals surface area contributed by atoms with Gasteiger partial charge in [-0.3, -0.25) is 34.0 Å². The fourth-order valence-corrected chi connectivity index (χ4v) is 17.4. The van der Waals surface area contributed by atoms with E-state index in [-0.39, 0.29) is 189 Å². The Morgan fingerprint density at radius 2 is 1.18 bits per heavy atom. The van der Waals surface area contributed by atoms with Crippen LogP contribution < -0.4 is 42.7 Å². The number of nitrogens with one attached hydrogen (secondary N) is 2. The van der Waals surface area contributed by atoms with Crippen LogP contribution in [0.3, 0.4) is 0 Å². The molecule has 35 heteroatoms. The number of sulfone groups is 1. The zero-order valence-electron chi connectivity index (χ0n) is 73.3. The molecule has 5 N–H and O–H groups in total. The highest BCUT2D eigenvalue weighted by atomic mass is 32.2. The van der Waals surface area contributed by atoms with Crippen LogP contribution in [0.5, 0.6) is 40.2 Å². The van der Waals surface area contributed by atoms with E-state index >= 15 is 4.21 Å². The number of methoxy groups -OCH3 is 2. The van der Waals surface area contributed by atoms with Gasteiger partial charge >= 0.3 is 0 Å². The number of aliphatic imine (C=N–C) groups is 2. The summed E-state index contributed by atoms with van der Waals surface area (Å²) < 4.78 is 121. The van der Waals surface area contributed by atoms with Crippen molar-refractivity contribution in [2.24, 2.45) is 15.4 Å². The number of hydrogen-bond donors (Lipinski definition) is 5. The highest BCUT2D eigenvalue weighted by Gasteiger charge is 2.40. The predicted octanol–water partition coefficient (Wildman–Crippen LogP) is 9.83. The maximum Gasteiger partial charge on any atom is 0.287 e. The van der Waals surface area contributed by atoms with Crippen LogP contribution in [0.2, 0.25) is 0 Å². The van der Waals surface area contributed by atoms with Gasteiger partial charge in [0.15, 0.2) is 50.1 Å². The number of nitrogens with zero attached hydrogens (tertiary/aromatic N) is 7. The maximum atomic E-state index is 15.0. The largest absolute Gasteiger partial charge is 0.493 e. The molecule has 4 amide bonds. The topological polar surface area (TPSA) is 403 Å². The molecule has 5 unspecified atom stereocenters. The molecule has 9 aromatic rings. The van der Waals surface area contributed by atoms with E-state index in [2.05, 4.69) is 38.9 Å². The number of ketones is 1. The molecule has 1 aromatic heterocycles. The van der Waals surface area contributed by atoms with E-state index in [0.717, 1.165) is 27.8 Å². The average Bonchev–Trinajstić information content (AvgIpc) is 1.60. The number of ether oxygens (including phenoxy) is 11. The number of Topliss-reactive ketones (excluding diaryl/α,β-unsaturated/α-hetero) is 1. The van der Waals surface area contributed by atoms with Crippen LogP contribution in [-0.2, 0) is 101 Å². The van der Waals surface area contributed by atoms with E-state index < -0.39 is 68.1 Å². The molecule has 0 radical (unpaired) electrons. The van der Waals surface area contributed by atoms with Crippen LogP contribution in [0.15, 0.2) is 179 Å². The third kappa shape index (κ3) is 24.4. The maximum absolute atomic E-state index is 15.0. The quantitative estimate of drug-likeness (QED) is 0.0135. The summed E-state index contributed by atoms with van der Waals surface area (Å²) in [7, 11) is -5.01. The van der Waals surface area contributed by atoms with Crippen molar-refractivity contribution in [2.45, 2.75) is 147 Å². The Balaban J connectivity index is 0.551. The van der Waals surface area contributed by atoms with E-state index in [1.165, 1.54) is 62.8 Å². The van der Waals surface area contributed by atoms with Gasteiger partial charge in [0.25, 0.3) is 33.7 Å². The number of fused-ring (bicyclic) bond motifs is 6. The van der Waals surface area contributed by atoms with Crippen molar-refractivity contribution in [3.8, 4) is 40.2 Å². The second-order valence-corrected chi connectivity index (χ2v) is 37.1. The molecule has 5 aliphatic rings. The fourth-order valence-electron chi connectivity index (χ4n) is 15.3. The minimum absolute atomic E-state index is 0.00717. The zero-order valence-corrected chi connectivity index (χ0v) is 75.0. The van der Waals surface area contributed by atoms with Gasteiger partial charge in [-0.15, -0.1) is 5.10 Å². The zero-order chi connectivity index (χ0) is 91.9. The van der Waals surface area contributed by atoms with Gasteiger partial charge in [-0.05, 0) is 140 Å². The number of carbonyl (C=O) groups excluding carboxylic acids is 5. The van der Waals surface area contributed by atoms with Crippen molar-refractivity contribution in [3.05, 3.63) is 236 Å². The van der Waals surface area contributed by atoms with Gasteiger partial charge in [-0.1, -0.05) is 97.4 Å². The second kappa shape index (κ2) is 42.3. The van der Waals surface area contributed by atoms with Gasteiger partial charge in [0.1, 0.15) is 36.9 Å². The summed E-state index contributed by atoms with van der Waals surface area (Å²) in [6.45, 7) is 12.1. The molecule has 0 saturated carbocycles. The number of carbonyl (C=O) groups is 5. The van der Waals surface area contributed by atoms with Crippen LogP contribution in [-0.4, -0.2) is 235 Å². The smallest absolute Gasteiger partial charge is 0.287 e. The van der Waals surface area contributed by atoms with Crippen molar-refractivity contribution < 1.29 is 112 Å². The molecule has 33 nitrogen and oxygen atoms in total. The predicted molar refractivity (Wildman–Crippen MR) is 480 cm³/mol. The van der Waals surface area contributed by atoms with Crippen LogP contribution >= 0.6 is 0 Å². The minimum Gasteiger partial charge on any atom is -0.493 e. The molecule has 1 saturated heterocycles. The summed E-state index contributed by atoms with van der Waals surface area (Å²) in [5.41, 5.74) is 7.50. The molecular formula is C95H107N9O24S2. The first kappa shape index (κ1) is 94.1. The van der Waals surface area contributed by atoms with Crippen LogP contribution in [0.25, 0.3) is 0 Å². The Bertz CT molecular complexity index is 5720. The Morgan fingerprint density at radius 1 is 0.600 bits per heavy atom. The summed E-state index contributed by atoms with van der Waals surface area (Å²) in [6.07, 6.45) is 0.627. The summed E-state index contributed by atoms with van der Waals surface area (Å²) in [6, 6.07) is 43.4. The third-order valence-corrected chi connectivity index (χ3v) is 25.0. The Morgan fingerprint density at radius 3 is 1.78 bits per heavy atom. The highest BCUT2D eigenvalue weighted by Crippen LogP contribution is 2.43. The van der Waals surface area contributed by atoms with E-state index in [1.54, 1.807) is 93.8 Å². The van der Waals surface area contributed by atoms with E-state index in [1.807, 2.05) is 71.0 Å². The normalized spacial score (nSPS) is 18.0. The number of benzene rings is 8. The third-order valence-electron chi connectivity index (χ3n) is 22.4. The summed E-state index contributed by atoms with van der Waals surface area (Å²) in [5.74, 6) is 2.14. The van der Waals surface area contributed by atoms with Gasteiger partial charge in [0.2, 0.25) is 6.29 Å². The SMILES string of the molecule is C=S(=O)(Oc1cc(COc2cc3c(cc2OC)C(=O)N2Cc4ccccc4CC2C=N3)cc(COc2cc3c(cc2OC)C(=O)N2Cc4ccccc4CC2C=N3)c1)Oc1cc(C(=O)NCCOCCOCCOCCn2cc(COC(C)(C)COCC(C)(C)CNC(=O)c3cccc(C(=O)CCS(=O)(=O)c4ccc(C)cc4)c3)nn2)ccc1O[C@H]1CC(O)C(O)[C@@H](CO)O1. The number of rotatable bonds is 43. The second-order valence-electron chi connectivity index (χ2n) is 33.5. The van der Waals surface area contributed by atoms with Crippen molar-refractivity contribution in [2.75, 3.05) is 92.5 Å². The first-order valence-electron chi connectivity index (χ1n) is 42.6. The summed E-state index contributed by atoms with van der Waals surface area (Å²) in [4.78, 5) is 82.2. The van der Waals surface area contributed by atoms with E-state index in [4.69, 9.17) is 70.5 Å². The van der Waals surface area contributed by atoms with Crippen molar-refractivity contribution >= 4 is 79.0 Å². The van der Waals surface area contributed by atoms with E-state index in [0.29, 0.717) is 85.0 Å². The summed E-state index contributed by atoms with van der Waals surface area (Å²) >= 11 is 0. The van der Waals surface area contributed by atoms with Crippen LogP contribution in [0, 0.1) is 12.3 Å². The Kier molecular flexibility index (Phi) is 30.6. The number of aromatic nitrogens is 3. The molecule has 0 spiro atoms. The number of aryl methyl sites for hydroxylation is 1. The van der Waals surface area contributed by atoms with Crippen molar-refractivity contribution in [3.63, 3.8) is 0 Å². The molecule has 1 fully saturated rings. The Labute approximate surface area is 754 Å². The molecule has 6 heterocycles. The standard InChI is InChI=1S/C95H107N9O24S2/c1-60-20-23-74(24-21-60)130(114,115)35-26-79(106)65-18-13-19-66(39-65)91(110)99-57-94(2,3)58-121-59-95(4,5)124-56-70-52-102(101-100-70)28-30-119-32-34-120-33-31-118-29-27-96-90(109)67-22-25-81(125-88-47-80(107)89(108)87(53-105)126-88)86(42-67)128-129(8,113)127-73-37-61(54-122-84-45-77-75(43-82(84)116-6)92(111)103-50-68-16-11-9-14-63(68)40-71(103)48-97-77)36-62(38-73)55-123-85-46-78-76(44-83(85)117-7)93(112)104-51-69-17-12-10-15-64(69)41-72(104)49-98-78/h9-25,36-39,42-46,48-49,52,71-72,80,87-89,105,107-108H,8,26-35,40-41,47,50-51,53-59H2,1-7H3,(H,96,109)(H,99,110)/t71?,72?,80?,87-,88-,89?,129?/m1/s1. The number of aliphatic hydroxyl groups excluding tert-OH is 3. The lowest BCUT2D eigenvalue weighted by Gasteiger charge is -2.36. The molecule has 0 bridgehead atoms. The van der Waals surface area contributed by atoms with Gasteiger partial charge in [0.05, 0.1) is 150 Å². The van der Waals surface area contributed by atoms with Gasteiger partial charge < -0.3 is 96.2 Å². The number of amides is 4. The fraction of sp³-hybridized carbons (Fsp3) is 0.389. The number of hydrogen-bond acceptors (Lipinski definition) is 28. The van der Waals surface area contributed by atoms with E-state index in [9.17, 15) is 47.7 Å². The molecule has 14 rings (SSSR count). The van der Waals surface area contributed by atoms with Gasteiger partial charge in [0, 0.05) is 91.6 Å². The van der Waals surface area contributed by atoms with Gasteiger partial charge in [-0.2, -0.15) is 4.21 Å². The lowest BCUT2D eigenvalue weighted by molar-refractivity contribution is -0.230. The first-order valence-corrected chi connectivity index (χ1v) is 45.9. The van der Waals surface area contributed by atoms with Crippen molar-refractivity contribution in [1.29, 1.82) is 0 Å². The molecule has 688 valence electrons. The molecule has 130 heavy (non-hydrogen) atoms. The molecular weight excluding hydrogens is 1720 g/mol. The van der Waals surface area contributed by atoms with Crippen LogP contribution in [0.4, 0.5) is 11.4 Å². The number of aliphatic hydroxyl groups is 3. The van der Waals surface area contributed by atoms with Gasteiger partial charge in [-0.25, -0.2) is 13.1 Å².